The summed E-state index contributed by atoms with van der Waals surface area (Å²) in [5.41, 5.74) is 0.694. The van der Waals surface area contributed by atoms with Gasteiger partial charge in [-0.15, -0.1) is 0 Å². The van der Waals surface area contributed by atoms with Gasteiger partial charge in [0, 0.05) is 35.8 Å². The molecule has 1 saturated heterocycles. The van der Waals surface area contributed by atoms with Crippen LogP contribution in [0.5, 0.6) is 0 Å². The molecule has 4 rings (SSSR count). The number of nitrogens with zero attached hydrogens (tertiary/aromatic N) is 1. The summed E-state index contributed by atoms with van der Waals surface area (Å²) in [6.07, 6.45) is 3.59. The van der Waals surface area contributed by atoms with Gasteiger partial charge in [-0.05, 0) is 61.3 Å². The maximum Gasteiger partial charge on any atom is 0.251 e. The van der Waals surface area contributed by atoms with E-state index >= 15 is 0 Å². The lowest BCUT2D eigenvalue weighted by atomic mass is 9.98. The van der Waals surface area contributed by atoms with E-state index in [1.54, 1.807) is 24.3 Å². The highest BCUT2D eigenvalue weighted by Crippen LogP contribution is 2.60. The maximum absolute atomic E-state index is 12.5. The number of ether oxygens (including phenoxy) is 1. The van der Waals surface area contributed by atoms with Gasteiger partial charge in [0.1, 0.15) is 0 Å². The second-order valence-corrected chi connectivity index (χ2v) is 8.11. The molecule has 5 heteroatoms. The van der Waals surface area contributed by atoms with Crippen LogP contribution >= 0.6 is 11.6 Å². The van der Waals surface area contributed by atoms with Crippen LogP contribution in [0.2, 0.25) is 5.02 Å². The average Bonchev–Trinajstić information content (AvgIpc) is 3.13. The lowest BCUT2D eigenvalue weighted by Crippen LogP contribution is -2.44. The Hall–Kier alpha value is -1.10. The third kappa shape index (κ3) is 3.57. The molecule has 0 bridgehead atoms. The molecule has 1 N–H and O–H groups in total. The molecule has 3 fully saturated rings. The van der Waals surface area contributed by atoms with Gasteiger partial charge in [-0.2, -0.15) is 0 Å². The zero-order valence-corrected chi connectivity index (χ0v) is 15.5. The van der Waals surface area contributed by atoms with Gasteiger partial charge in [0.05, 0.1) is 13.2 Å². The maximum atomic E-state index is 12.5. The molecular formula is C20H27ClN2O2. The molecule has 3 unspecified atom stereocenters. The zero-order valence-electron chi connectivity index (χ0n) is 14.8. The lowest BCUT2D eigenvalue weighted by molar-refractivity contribution is 0.0141. The van der Waals surface area contributed by atoms with Crippen molar-refractivity contribution < 1.29 is 9.53 Å². The minimum atomic E-state index is 0.0261. The average molecular weight is 363 g/mol. The molecule has 1 aromatic carbocycles. The molecule has 25 heavy (non-hydrogen) atoms. The summed E-state index contributed by atoms with van der Waals surface area (Å²) in [5.74, 6) is 2.28. The molecule has 2 aliphatic carbocycles. The van der Waals surface area contributed by atoms with E-state index in [1.165, 1.54) is 12.8 Å². The van der Waals surface area contributed by atoms with Crippen LogP contribution in [0.3, 0.4) is 0 Å². The topological polar surface area (TPSA) is 41.6 Å². The van der Waals surface area contributed by atoms with Crippen molar-refractivity contribution >= 4 is 17.5 Å². The smallest absolute Gasteiger partial charge is 0.251 e. The highest BCUT2D eigenvalue weighted by molar-refractivity contribution is 6.30. The van der Waals surface area contributed by atoms with Gasteiger partial charge in [-0.1, -0.05) is 18.5 Å². The van der Waals surface area contributed by atoms with Gasteiger partial charge in [0.25, 0.3) is 5.91 Å². The Kier molecular flexibility index (Phi) is 5.03. The quantitative estimate of drug-likeness (QED) is 0.874. The third-order valence-corrected chi connectivity index (χ3v) is 6.63. The number of rotatable bonds is 5. The van der Waals surface area contributed by atoms with Crippen molar-refractivity contribution in [3.8, 4) is 0 Å². The molecule has 136 valence electrons. The summed E-state index contributed by atoms with van der Waals surface area (Å²) in [4.78, 5) is 15.1. The van der Waals surface area contributed by atoms with Crippen LogP contribution in [-0.2, 0) is 4.74 Å². The fourth-order valence-corrected chi connectivity index (χ4v) is 5.15. The number of nitrogens with one attached hydrogen (secondary N) is 1. The number of hydrogen-bond donors (Lipinski definition) is 1. The molecular weight excluding hydrogens is 336 g/mol. The van der Waals surface area contributed by atoms with Crippen LogP contribution in [0, 0.1) is 17.8 Å². The number of hydrogen-bond acceptors (Lipinski definition) is 3. The fraction of sp³-hybridized carbons (Fsp3) is 0.650. The van der Waals surface area contributed by atoms with Crippen molar-refractivity contribution in [1.82, 2.24) is 10.2 Å². The Morgan fingerprint density at radius 2 is 1.88 bits per heavy atom. The van der Waals surface area contributed by atoms with Crippen LogP contribution < -0.4 is 5.32 Å². The highest BCUT2D eigenvalue weighted by Gasteiger charge is 2.59. The summed E-state index contributed by atoms with van der Waals surface area (Å²) in [7, 11) is 0. The van der Waals surface area contributed by atoms with E-state index in [0.29, 0.717) is 22.5 Å². The number of carbonyl (C=O) groups excluding carboxylic acids is 1. The van der Waals surface area contributed by atoms with Crippen molar-refractivity contribution in [1.29, 1.82) is 0 Å². The van der Waals surface area contributed by atoms with Crippen LogP contribution in [0.4, 0.5) is 0 Å². The number of amides is 1. The first-order valence-electron chi connectivity index (χ1n) is 9.55. The number of carbonyl (C=O) groups is 1. The zero-order chi connectivity index (χ0) is 17.4. The van der Waals surface area contributed by atoms with Crippen LogP contribution in [-0.4, -0.2) is 49.2 Å². The predicted molar refractivity (Wildman–Crippen MR) is 98.9 cm³/mol. The summed E-state index contributed by atoms with van der Waals surface area (Å²) in [6, 6.07) is 8.18. The number of benzene rings is 1. The molecule has 0 radical (unpaired) electrons. The Labute approximate surface area is 154 Å². The van der Waals surface area contributed by atoms with Crippen molar-refractivity contribution in [3.05, 3.63) is 34.9 Å². The van der Waals surface area contributed by atoms with E-state index in [1.807, 2.05) is 0 Å². The van der Waals surface area contributed by atoms with Gasteiger partial charge >= 0.3 is 0 Å². The summed E-state index contributed by atoms with van der Waals surface area (Å²) in [5, 5.41) is 3.93. The predicted octanol–water partition coefficient (Wildman–Crippen LogP) is 3.21. The van der Waals surface area contributed by atoms with Crippen molar-refractivity contribution in [2.75, 3.05) is 26.3 Å². The molecule has 1 aromatic rings. The second kappa shape index (κ2) is 7.26. The van der Waals surface area contributed by atoms with E-state index in [9.17, 15) is 4.79 Å². The Morgan fingerprint density at radius 3 is 2.48 bits per heavy atom. The number of morpholine rings is 1. The molecule has 2 saturated carbocycles. The van der Waals surface area contributed by atoms with Gasteiger partial charge in [0.15, 0.2) is 0 Å². The molecule has 3 atom stereocenters. The van der Waals surface area contributed by atoms with Crippen molar-refractivity contribution in [3.63, 3.8) is 0 Å². The molecule has 1 heterocycles. The summed E-state index contributed by atoms with van der Waals surface area (Å²) >= 11 is 5.91. The molecule has 1 aliphatic heterocycles. The largest absolute Gasteiger partial charge is 0.379 e. The van der Waals surface area contributed by atoms with Gasteiger partial charge < -0.3 is 10.1 Å². The van der Waals surface area contributed by atoms with Gasteiger partial charge in [-0.3, -0.25) is 9.69 Å². The van der Waals surface area contributed by atoms with Crippen LogP contribution in [0.1, 0.15) is 36.5 Å². The first-order chi connectivity index (χ1) is 12.2. The molecule has 4 nitrogen and oxygen atoms in total. The Morgan fingerprint density at radius 1 is 1.24 bits per heavy atom. The van der Waals surface area contributed by atoms with Crippen molar-refractivity contribution in [2.24, 2.45) is 17.8 Å². The lowest BCUT2D eigenvalue weighted by Gasteiger charge is -2.34. The van der Waals surface area contributed by atoms with E-state index in [0.717, 1.165) is 50.6 Å². The van der Waals surface area contributed by atoms with E-state index in [4.69, 9.17) is 16.3 Å². The minimum absolute atomic E-state index is 0.0261. The monoisotopic (exact) mass is 362 g/mol. The fourth-order valence-electron chi connectivity index (χ4n) is 5.02. The number of fused-ring (bicyclic) bond motifs is 1. The van der Waals surface area contributed by atoms with Gasteiger partial charge in [0.2, 0.25) is 0 Å². The minimum Gasteiger partial charge on any atom is -0.379 e. The SMILES string of the molecule is CCC(NC(=O)c1ccc(Cl)cc1)C1C2CC(N3CCOCC3)CC21. The summed E-state index contributed by atoms with van der Waals surface area (Å²) < 4.78 is 5.47. The van der Waals surface area contributed by atoms with Crippen LogP contribution in [0.15, 0.2) is 24.3 Å². The van der Waals surface area contributed by atoms with Crippen molar-refractivity contribution in [2.45, 2.75) is 38.3 Å². The third-order valence-electron chi connectivity index (χ3n) is 6.38. The van der Waals surface area contributed by atoms with Gasteiger partial charge in [-0.25, -0.2) is 0 Å². The standard InChI is InChI=1S/C20H27ClN2O2/c1-2-18(22-20(24)13-3-5-14(21)6-4-13)19-16-11-15(12-17(16)19)23-7-9-25-10-8-23/h3-6,15-19H,2,7-12H2,1H3,(H,22,24). The molecule has 1 amide bonds. The highest BCUT2D eigenvalue weighted by atomic mass is 35.5. The molecule has 0 spiro atoms. The van der Waals surface area contributed by atoms with E-state index in [-0.39, 0.29) is 5.91 Å². The first kappa shape index (κ1) is 17.3. The molecule has 0 aromatic heterocycles. The normalized spacial score (nSPS) is 32.9. The molecule has 3 aliphatic rings. The van der Waals surface area contributed by atoms with Crippen LogP contribution in [0.25, 0.3) is 0 Å². The number of halogens is 1. The Balaban J connectivity index is 1.31. The second-order valence-electron chi connectivity index (χ2n) is 7.67. The first-order valence-corrected chi connectivity index (χ1v) is 9.93. The van der Waals surface area contributed by atoms with E-state index < -0.39 is 0 Å². The Bertz CT molecular complexity index is 603. The summed E-state index contributed by atoms with van der Waals surface area (Å²) in [6.45, 7) is 6.10. The van der Waals surface area contributed by atoms with E-state index in [2.05, 4.69) is 17.1 Å².